The molecule has 9 heteroatoms. The van der Waals surface area contributed by atoms with E-state index in [1.165, 1.54) is 13.8 Å². The number of sulfonamides is 1. The predicted molar refractivity (Wildman–Crippen MR) is 55.6 cm³/mol. The average Bonchev–Trinajstić information content (AvgIpc) is 2.51. The van der Waals surface area contributed by atoms with Crippen LogP contribution in [0.25, 0.3) is 0 Å². The standard InChI is InChI=1S/C6H8N4O3S2/c1-3-7-15(12,13)6-10-9-5(14-6)8-4(2)11/h3H,1-2H3,(H,8,9,11)/b7-3-. The molecule has 0 atom stereocenters. The fourth-order valence-corrected chi connectivity index (χ4v) is 2.52. The fourth-order valence-electron chi connectivity index (χ4n) is 0.699. The molecule has 0 aliphatic rings. The van der Waals surface area contributed by atoms with E-state index in [0.29, 0.717) is 0 Å². The summed E-state index contributed by atoms with van der Waals surface area (Å²) in [5.74, 6) is -0.339. The molecule has 15 heavy (non-hydrogen) atoms. The molecule has 0 aliphatic carbocycles. The topological polar surface area (TPSA) is 101 Å². The second-order valence-electron chi connectivity index (χ2n) is 2.39. The van der Waals surface area contributed by atoms with Gasteiger partial charge >= 0.3 is 10.0 Å². The Balaban J connectivity index is 2.99. The van der Waals surface area contributed by atoms with Gasteiger partial charge in [-0.15, -0.1) is 10.2 Å². The van der Waals surface area contributed by atoms with Crippen molar-refractivity contribution in [3.63, 3.8) is 0 Å². The number of carbonyl (C=O) groups excluding carboxylic acids is 1. The third-order valence-corrected chi connectivity index (χ3v) is 3.68. The number of anilines is 1. The van der Waals surface area contributed by atoms with Gasteiger partial charge in [-0.05, 0) is 6.92 Å². The summed E-state index contributed by atoms with van der Waals surface area (Å²) in [7, 11) is -3.76. The van der Waals surface area contributed by atoms with Crippen molar-refractivity contribution in [3.8, 4) is 0 Å². The molecule has 0 bridgehead atoms. The molecule has 0 unspecified atom stereocenters. The first-order valence-corrected chi connectivity index (χ1v) is 6.07. The zero-order valence-corrected chi connectivity index (χ0v) is 9.59. The van der Waals surface area contributed by atoms with E-state index < -0.39 is 10.0 Å². The summed E-state index contributed by atoms with van der Waals surface area (Å²) in [6.45, 7) is 2.77. The zero-order valence-electron chi connectivity index (χ0n) is 7.96. The van der Waals surface area contributed by atoms with E-state index in [9.17, 15) is 13.2 Å². The molecule has 0 fully saturated rings. The van der Waals surface area contributed by atoms with Gasteiger partial charge in [-0.1, -0.05) is 11.3 Å². The molecule has 0 aliphatic heterocycles. The van der Waals surface area contributed by atoms with Gasteiger partial charge in [-0.2, -0.15) is 12.8 Å². The summed E-state index contributed by atoms with van der Waals surface area (Å²) in [5.41, 5.74) is 0. The van der Waals surface area contributed by atoms with Crippen LogP contribution in [0.1, 0.15) is 13.8 Å². The largest absolute Gasteiger partial charge is 0.311 e. The van der Waals surface area contributed by atoms with Crippen molar-refractivity contribution in [2.45, 2.75) is 18.2 Å². The van der Waals surface area contributed by atoms with Crippen LogP contribution in [0.2, 0.25) is 0 Å². The highest BCUT2D eigenvalue weighted by molar-refractivity contribution is 7.92. The van der Waals surface area contributed by atoms with Gasteiger partial charge in [0.15, 0.2) is 0 Å². The van der Waals surface area contributed by atoms with Gasteiger partial charge in [0.1, 0.15) is 0 Å². The Morgan fingerprint density at radius 2 is 2.20 bits per heavy atom. The van der Waals surface area contributed by atoms with Crippen molar-refractivity contribution in [1.82, 2.24) is 10.2 Å². The molecule has 0 radical (unpaired) electrons. The average molecular weight is 248 g/mol. The Labute approximate surface area is 90.3 Å². The van der Waals surface area contributed by atoms with Crippen LogP contribution >= 0.6 is 11.3 Å². The number of nitrogens with zero attached hydrogens (tertiary/aromatic N) is 3. The number of carbonyl (C=O) groups is 1. The van der Waals surface area contributed by atoms with Gasteiger partial charge < -0.3 is 5.32 Å². The molecule has 0 saturated carbocycles. The molecule has 1 amide bonds. The lowest BCUT2D eigenvalue weighted by molar-refractivity contribution is -0.114. The van der Waals surface area contributed by atoms with Crippen LogP contribution in [-0.2, 0) is 14.8 Å². The highest BCUT2D eigenvalue weighted by Gasteiger charge is 2.18. The molecule has 1 N–H and O–H groups in total. The fraction of sp³-hybridized carbons (Fsp3) is 0.333. The Kier molecular flexibility index (Phi) is 3.48. The zero-order chi connectivity index (χ0) is 11.5. The van der Waals surface area contributed by atoms with Crippen LogP contribution in [0.5, 0.6) is 0 Å². The summed E-state index contributed by atoms with van der Waals surface area (Å²) >= 11 is 0.752. The second kappa shape index (κ2) is 4.45. The first-order chi connectivity index (χ1) is 6.95. The first-order valence-electron chi connectivity index (χ1n) is 3.82. The predicted octanol–water partition coefficient (Wildman–Crippen LogP) is 0.276. The number of hydrogen-bond donors (Lipinski definition) is 1. The molecular weight excluding hydrogens is 240 g/mol. The highest BCUT2D eigenvalue weighted by Crippen LogP contribution is 2.21. The van der Waals surface area contributed by atoms with E-state index in [2.05, 4.69) is 19.9 Å². The van der Waals surface area contributed by atoms with Gasteiger partial charge in [0.25, 0.3) is 4.34 Å². The Hall–Kier alpha value is -1.35. The minimum Gasteiger partial charge on any atom is -0.301 e. The number of hydrogen-bond acceptors (Lipinski definition) is 6. The summed E-state index contributed by atoms with van der Waals surface area (Å²) in [5, 5.41) is 9.36. The van der Waals surface area contributed by atoms with E-state index in [1.807, 2.05) is 0 Å². The number of nitrogens with one attached hydrogen (secondary N) is 1. The maximum atomic E-state index is 11.3. The normalized spacial score (nSPS) is 11.9. The maximum absolute atomic E-state index is 11.3. The molecule has 1 aromatic heterocycles. The van der Waals surface area contributed by atoms with Gasteiger partial charge in [0.2, 0.25) is 11.0 Å². The van der Waals surface area contributed by atoms with Crippen molar-refractivity contribution in [2.24, 2.45) is 4.40 Å². The summed E-state index contributed by atoms with van der Waals surface area (Å²) in [6, 6.07) is 0. The smallest absolute Gasteiger partial charge is 0.301 e. The van der Waals surface area contributed by atoms with E-state index in [-0.39, 0.29) is 15.4 Å². The summed E-state index contributed by atoms with van der Waals surface area (Å²) in [4.78, 5) is 10.6. The molecule has 1 heterocycles. The quantitative estimate of drug-likeness (QED) is 0.611. The van der Waals surface area contributed by atoms with Crippen LogP contribution < -0.4 is 5.32 Å². The van der Waals surface area contributed by atoms with Crippen LogP contribution in [0, 0.1) is 0 Å². The lowest BCUT2D eigenvalue weighted by Gasteiger charge is -1.91. The van der Waals surface area contributed by atoms with E-state index in [1.54, 1.807) is 0 Å². The second-order valence-corrected chi connectivity index (χ2v) is 5.18. The van der Waals surface area contributed by atoms with E-state index in [0.717, 1.165) is 17.6 Å². The van der Waals surface area contributed by atoms with Crippen molar-refractivity contribution < 1.29 is 13.2 Å². The number of aromatic nitrogens is 2. The Morgan fingerprint density at radius 1 is 1.53 bits per heavy atom. The lowest BCUT2D eigenvalue weighted by atomic mass is 10.7. The number of rotatable bonds is 3. The molecule has 1 rings (SSSR count). The summed E-state index contributed by atoms with van der Waals surface area (Å²) < 4.78 is 25.7. The van der Waals surface area contributed by atoms with Gasteiger partial charge in [0, 0.05) is 13.1 Å². The van der Waals surface area contributed by atoms with Crippen LogP contribution in [0.4, 0.5) is 5.13 Å². The third kappa shape index (κ3) is 3.06. The van der Waals surface area contributed by atoms with Crippen molar-refractivity contribution in [2.75, 3.05) is 5.32 Å². The van der Waals surface area contributed by atoms with Gasteiger partial charge in [0.05, 0.1) is 0 Å². The minimum absolute atomic E-state index is 0.132. The molecular formula is C6H8N4O3S2. The van der Waals surface area contributed by atoms with Gasteiger partial charge in [-0.3, -0.25) is 4.79 Å². The lowest BCUT2D eigenvalue weighted by Crippen LogP contribution is -2.04. The SMILES string of the molecule is C/C=N\S(=O)(=O)c1nnc(NC(C)=O)s1. The Bertz CT molecular complexity index is 490. The molecule has 0 saturated heterocycles. The van der Waals surface area contributed by atoms with Crippen LogP contribution in [-0.4, -0.2) is 30.7 Å². The number of amides is 1. The molecule has 0 aromatic carbocycles. The molecule has 0 spiro atoms. The highest BCUT2D eigenvalue weighted by atomic mass is 32.2. The van der Waals surface area contributed by atoms with Gasteiger partial charge in [-0.25, -0.2) is 0 Å². The van der Waals surface area contributed by atoms with Crippen molar-refractivity contribution in [3.05, 3.63) is 0 Å². The molecule has 1 aromatic rings. The summed E-state index contributed by atoms with van der Waals surface area (Å²) in [6.07, 6.45) is 1.15. The minimum atomic E-state index is -3.76. The first kappa shape index (κ1) is 11.7. The van der Waals surface area contributed by atoms with Crippen LogP contribution in [0.3, 0.4) is 0 Å². The Morgan fingerprint density at radius 3 is 2.73 bits per heavy atom. The maximum Gasteiger partial charge on any atom is 0.311 e. The van der Waals surface area contributed by atoms with Crippen molar-refractivity contribution >= 4 is 38.6 Å². The molecule has 7 nitrogen and oxygen atoms in total. The van der Waals surface area contributed by atoms with Crippen LogP contribution in [0.15, 0.2) is 8.74 Å². The van der Waals surface area contributed by atoms with Crippen molar-refractivity contribution in [1.29, 1.82) is 0 Å². The van der Waals surface area contributed by atoms with E-state index in [4.69, 9.17) is 0 Å². The third-order valence-electron chi connectivity index (χ3n) is 1.15. The molecule has 82 valence electrons. The van der Waals surface area contributed by atoms with E-state index >= 15 is 0 Å². The monoisotopic (exact) mass is 248 g/mol.